The van der Waals surface area contributed by atoms with E-state index >= 15 is 0 Å². The van der Waals surface area contributed by atoms with Crippen LogP contribution < -0.4 is 10.2 Å². The molecule has 1 saturated carbocycles. The van der Waals surface area contributed by atoms with Crippen molar-refractivity contribution in [3.63, 3.8) is 0 Å². The molecule has 0 bridgehead atoms. The molecule has 1 amide bonds. The van der Waals surface area contributed by atoms with Gasteiger partial charge in [-0.3, -0.25) is 4.79 Å². The van der Waals surface area contributed by atoms with Gasteiger partial charge < -0.3 is 14.6 Å². The number of rotatable bonds is 5. The molecule has 3 aromatic heterocycles. The van der Waals surface area contributed by atoms with Gasteiger partial charge in [-0.05, 0) is 48.9 Å². The fourth-order valence-corrected chi connectivity index (χ4v) is 3.86. The number of imidazole rings is 1. The van der Waals surface area contributed by atoms with Crippen molar-refractivity contribution in [1.82, 2.24) is 14.4 Å². The lowest BCUT2D eigenvalue weighted by atomic mass is 10.1. The van der Waals surface area contributed by atoms with Crippen molar-refractivity contribution in [2.75, 3.05) is 16.8 Å². The van der Waals surface area contributed by atoms with Crippen molar-refractivity contribution in [3.8, 4) is 0 Å². The van der Waals surface area contributed by atoms with Crippen molar-refractivity contribution >= 4 is 34.5 Å². The Kier molecular flexibility index (Phi) is 4.01. The summed E-state index contributed by atoms with van der Waals surface area (Å²) in [6.45, 7) is 1.35. The van der Waals surface area contributed by atoms with Crippen molar-refractivity contribution in [3.05, 3.63) is 53.2 Å². The lowest BCUT2D eigenvalue weighted by molar-refractivity contribution is -0.117. The van der Waals surface area contributed by atoms with Crippen molar-refractivity contribution < 1.29 is 4.79 Å². The fourth-order valence-electron chi connectivity index (χ4n) is 3.68. The summed E-state index contributed by atoms with van der Waals surface area (Å²) < 4.78 is 2.07. The maximum Gasteiger partial charge on any atom is 0.227 e. The summed E-state index contributed by atoms with van der Waals surface area (Å²) in [5, 5.41) is 3.79. The molecule has 2 aliphatic rings. The summed E-state index contributed by atoms with van der Waals surface area (Å²) in [6, 6.07) is 5.83. The Labute approximate surface area is 162 Å². The maximum atomic E-state index is 12.3. The van der Waals surface area contributed by atoms with Gasteiger partial charge in [0.05, 0.1) is 17.9 Å². The van der Waals surface area contributed by atoms with E-state index in [1.807, 2.05) is 17.2 Å². The van der Waals surface area contributed by atoms with E-state index in [4.69, 9.17) is 16.6 Å². The second kappa shape index (κ2) is 6.53. The van der Waals surface area contributed by atoms with Crippen LogP contribution in [-0.2, 0) is 11.3 Å². The number of hydrogen-bond acceptors (Lipinski definition) is 4. The average Bonchev–Trinajstić information content (AvgIpc) is 3.29. The number of aromatic nitrogens is 3. The largest absolute Gasteiger partial charge is 0.379 e. The minimum Gasteiger partial charge on any atom is -0.379 e. The highest BCUT2D eigenvalue weighted by molar-refractivity contribution is 6.29. The predicted octanol–water partition coefficient (Wildman–Crippen LogP) is 4.00. The Bertz CT molecular complexity index is 1030. The first-order chi connectivity index (χ1) is 13.2. The van der Waals surface area contributed by atoms with Gasteiger partial charge in [0.2, 0.25) is 5.91 Å². The number of pyridine rings is 2. The Hall–Kier alpha value is -2.60. The van der Waals surface area contributed by atoms with Gasteiger partial charge in [0.1, 0.15) is 5.15 Å². The molecule has 0 atom stereocenters. The molecule has 0 spiro atoms. The Morgan fingerprint density at radius 2 is 2.15 bits per heavy atom. The monoisotopic (exact) mass is 381 g/mol. The number of nitrogens with zero attached hydrogens (tertiary/aromatic N) is 4. The van der Waals surface area contributed by atoms with Gasteiger partial charge in [0.15, 0.2) is 5.65 Å². The Balaban J connectivity index is 1.49. The third-order valence-corrected chi connectivity index (χ3v) is 5.42. The standard InChI is InChI=1S/C20H20ClN5O/c21-18-9-15(5-6-22-18)23-10-16-12-25-11-14(13-3-4-13)8-17(20(25)24-16)26-7-1-2-19(26)27/h5-6,8-9,11-13H,1-4,7,10H2,(H,22,23). The molecule has 1 saturated heterocycles. The highest BCUT2D eigenvalue weighted by Crippen LogP contribution is 2.42. The molecule has 1 aliphatic carbocycles. The minimum atomic E-state index is 0.193. The fraction of sp³-hybridized carbons (Fsp3) is 0.350. The smallest absolute Gasteiger partial charge is 0.227 e. The molecule has 1 N–H and O–H groups in total. The van der Waals surface area contributed by atoms with E-state index in [2.05, 4.69) is 27.0 Å². The highest BCUT2D eigenvalue weighted by atomic mass is 35.5. The number of hydrogen-bond donors (Lipinski definition) is 1. The molecule has 0 aromatic carbocycles. The first-order valence-electron chi connectivity index (χ1n) is 9.35. The van der Waals surface area contributed by atoms with E-state index in [9.17, 15) is 4.79 Å². The van der Waals surface area contributed by atoms with E-state index in [1.54, 1.807) is 12.3 Å². The second-order valence-electron chi connectivity index (χ2n) is 7.27. The molecule has 138 valence electrons. The number of amides is 1. The number of fused-ring (bicyclic) bond motifs is 1. The van der Waals surface area contributed by atoms with Crippen LogP contribution in [0.2, 0.25) is 5.15 Å². The summed E-state index contributed by atoms with van der Waals surface area (Å²) in [6.07, 6.45) is 9.87. The molecule has 5 rings (SSSR count). The number of carbonyl (C=O) groups excluding carboxylic acids is 1. The van der Waals surface area contributed by atoms with Gasteiger partial charge >= 0.3 is 0 Å². The van der Waals surface area contributed by atoms with Crippen LogP contribution in [0.25, 0.3) is 5.65 Å². The molecule has 4 heterocycles. The number of halogens is 1. The minimum absolute atomic E-state index is 0.193. The van der Waals surface area contributed by atoms with Gasteiger partial charge in [0.25, 0.3) is 0 Å². The molecule has 2 fully saturated rings. The number of nitrogens with one attached hydrogen (secondary N) is 1. The van der Waals surface area contributed by atoms with Crippen LogP contribution in [0, 0.1) is 0 Å². The van der Waals surface area contributed by atoms with Crippen LogP contribution in [-0.4, -0.2) is 26.8 Å². The molecule has 0 radical (unpaired) electrons. The van der Waals surface area contributed by atoms with Crippen LogP contribution in [0.4, 0.5) is 11.4 Å². The quantitative estimate of drug-likeness (QED) is 0.678. The maximum absolute atomic E-state index is 12.3. The predicted molar refractivity (Wildman–Crippen MR) is 105 cm³/mol. The first kappa shape index (κ1) is 16.6. The first-order valence-corrected chi connectivity index (χ1v) is 9.72. The highest BCUT2D eigenvalue weighted by Gasteiger charge is 2.29. The Morgan fingerprint density at radius 3 is 2.89 bits per heavy atom. The van der Waals surface area contributed by atoms with Crippen molar-refractivity contribution in [2.24, 2.45) is 0 Å². The summed E-state index contributed by atoms with van der Waals surface area (Å²) >= 11 is 5.94. The molecule has 1 aliphatic heterocycles. The van der Waals surface area contributed by atoms with Gasteiger partial charge in [-0.1, -0.05) is 11.6 Å². The summed E-state index contributed by atoms with van der Waals surface area (Å²) in [5.41, 5.74) is 4.92. The zero-order valence-electron chi connectivity index (χ0n) is 14.9. The van der Waals surface area contributed by atoms with E-state index in [1.165, 1.54) is 18.4 Å². The van der Waals surface area contributed by atoms with Crippen LogP contribution >= 0.6 is 11.6 Å². The molecular formula is C20H20ClN5O. The van der Waals surface area contributed by atoms with Crippen LogP contribution in [0.3, 0.4) is 0 Å². The molecule has 6 nitrogen and oxygen atoms in total. The second-order valence-corrected chi connectivity index (χ2v) is 7.65. The topological polar surface area (TPSA) is 62.5 Å². The summed E-state index contributed by atoms with van der Waals surface area (Å²) in [5.74, 6) is 0.813. The average molecular weight is 382 g/mol. The third kappa shape index (κ3) is 3.25. The van der Waals surface area contributed by atoms with E-state index in [0.717, 1.165) is 35.7 Å². The lowest BCUT2D eigenvalue weighted by Crippen LogP contribution is -2.24. The lowest BCUT2D eigenvalue weighted by Gasteiger charge is -2.17. The van der Waals surface area contributed by atoms with Crippen LogP contribution in [0.15, 0.2) is 36.8 Å². The zero-order chi connectivity index (χ0) is 18.4. The van der Waals surface area contributed by atoms with Crippen molar-refractivity contribution in [1.29, 1.82) is 0 Å². The van der Waals surface area contributed by atoms with E-state index in [0.29, 0.717) is 24.0 Å². The number of carbonyl (C=O) groups is 1. The van der Waals surface area contributed by atoms with Crippen molar-refractivity contribution in [2.45, 2.75) is 38.1 Å². The SMILES string of the molecule is O=C1CCCN1c1cc(C2CC2)cn2cc(CNc3ccnc(Cl)c3)nc12. The molecule has 7 heteroatoms. The summed E-state index contributed by atoms with van der Waals surface area (Å²) in [7, 11) is 0. The van der Waals surface area contributed by atoms with Crippen LogP contribution in [0.5, 0.6) is 0 Å². The van der Waals surface area contributed by atoms with Gasteiger partial charge in [-0.15, -0.1) is 0 Å². The van der Waals surface area contributed by atoms with Gasteiger partial charge in [-0.25, -0.2) is 9.97 Å². The van der Waals surface area contributed by atoms with E-state index in [-0.39, 0.29) is 5.91 Å². The van der Waals surface area contributed by atoms with Crippen LogP contribution in [0.1, 0.15) is 42.9 Å². The van der Waals surface area contributed by atoms with Gasteiger partial charge in [0, 0.05) is 37.2 Å². The molecule has 27 heavy (non-hydrogen) atoms. The normalized spacial score (nSPS) is 17.1. The third-order valence-electron chi connectivity index (χ3n) is 5.22. The van der Waals surface area contributed by atoms with Gasteiger partial charge in [-0.2, -0.15) is 0 Å². The molecule has 3 aromatic rings. The summed E-state index contributed by atoms with van der Waals surface area (Å²) in [4.78, 5) is 23.0. The molecular weight excluding hydrogens is 362 g/mol. The number of anilines is 2. The van der Waals surface area contributed by atoms with E-state index < -0.39 is 0 Å². The molecule has 0 unspecified atom stereocenters. The zero-order valence-corrected chi connectivity index (χ0v) is 15.6. The Morgan fingerprint density at radius 1 is 1.26 bits per heavy atom.